The number of anilines is 6. The average molecular weight is 512 g/mol. The van der Waals surface area contributed by atoms with Gasteiger partial charge in [-0.05, 0) is 74.7 Å². The summed E-state index contributed by atoms with van der Waals surface area (Å²) in [5, 5.41) is 9.43. The number of fused-ring (bicyclic) bond motifs is 2. The summed E-state index contributed by atoms with van der Waals surface area (Å²) in [4.78, 5) is 37.3. The van der Waals surface area contributed by atoms with Crippen LogP contribution in [0.1, 0.15) is 30.9 Å². The number of aromatic nitrogens is 2. The van der Waals surface area contributed by atoms with Crippen molar-refractivity contribution < 1.29 is 9.59 Å². The summed E-state index contributed by atoms with van der Waals surface area (Å²) in [5.41, 5.74) is 5.54. The maximum absolute atomic E-state index is 12.1. The van der Waals surface area contributed by atoms with Crippen LogP contribution in [0.25, 0.3) is 0 Å². The van der Waals surface area contributed by atoms with Crippen molar-refractivity contribution in [3.63, 3.8) is 0 Å². The van der Waals surface area contributed by atoms with E-state index in [1.165, 1.54) is 11.8 Å². The standard InChI is InChI=1S/C29H33N7O2/c1-5-27(38)31-21-7-6-8-22(14-21)32-28-19(3)15-30-29(34-28)33-26-12-11-23(13-18(26)2)35-16-24-9-10-25(17-35)36(24)20(4)37/h5-8,11-15,24-25H,1,9-10,16-17H2,2-4H3,(H,31,38)(H2,30,32,33,34). The molecule has 38 heavy (non-hydrogen) atoms. The molecule has 5 rings (SSSR count). The van der Waals surface area contributed by atoms with Gasteiger partial charge in [0.1, 0.15) is 5.82 Å². The highest BCUT2D eigenvalue weighted by Crippen LogP contribution is 2.34. The second-order valence-electron chi connectivity index (χ2n) is 9.96. The fourth-order valence-corrected chi connectivity index (χ4v) is 5.37. The number of aryl methyl sites for hydroxylation is 2. The van der Waals surface area contributed by atoms with E-state index in [4.69, 9.17) is 4.98 Å². The fourth-order valence-electron chi connectivity index (χ4n) is 5.37. The molecule has 196 valence electrons. The van der Waals surface area contributed by atoms with E-state index in [0.717, 1.165) is 48.4 Å². The lowest BCUT2D eigenvalue weighted by Crippen LogP contribution is -2.55. The first-order chi connectivity index (χ1) is 18.3. The Bertz CT molecular complexity index is 1380. The van der Waals surface area contributed by atoms with E-state index >= 15 is 0 Å². The molecule has 2 atom stereocenters. The van der Waals surface area contributed by atoms with Gasteiger partial charge in [-0.25, -0.2) is 4.98 Å². The van der Waals surface area contributed by atoms with E-state index in [1.807, 2.05) is 31.2 Å². The van der Waals surface area contributed by atoms with Crippen LogP contribution in [0, 0.1) is 13.8 Å². The molecule has 2 aromatic carbocycles. The number of rotatable bonds is 7. The summed E-state index contributed by atoms with van der Waals surface area (Å²) in [6.07, 6.45) is 5.16. The lowest BCUT2D eigenvalue weighted by molar-refractivity contribution is -0.132. The zero-order valence-electron chi connectivity index (χ0n) is 22.0. The zero-order valence-corrected chi connectivity index (χ0v) is 22.0. The summed E-state index contributed by atoms with van der Waals surface area (Å²) >= 11 is 0. The minimum absolute atomic E-state index is 0.187. The van der Waals surface area contributed by atoms with E-state index in [-0.39, 0.29) is 11.8 Å². The third kappa shape index (κ3) is 5.32. The second kappa shape index (κ2) is 10.5. The Hall–Kier alpha value is -4.40. The lowest BCUT2D eigenvalue weighted by Gasteiger charge is -2.42. The minimum Gasteiger partial charge on any atom is -0.367 e. The molecular weight excluding hydrogens is 478 g/mol. The maximum Gasteiger partial charge on any atom is 0.247 e. The van der Waals surface area contributed by atoms with Crippen molar-refractivity contribution in [2.24, 2.45) is 0 Å². The second-order valence-corrected chi connectivity index (χ2v) is 9.96. The largest absolute Gasteiger partial charge is 0.367 e. The Labute approximate surface area is 223 Å². The highest BCUT2D eigenvalue weighted by molar-refractivity contribution is 5.99. The average Bonchev–Trinajstić information content (AvgIpc) is 3.17. The van der Waals surface area contributed by atoms with E-state index < -0.39 is 0 Å². The maximum atomic E-state index is 12.1. The van der Waals surface area contributed by atoms with Crippen molar-refractivity contribution in [2.45, 2.75) is 45.7 Å². The van der Waals surface area contributed by atoms with Gasteiger partial charge >= 0.3 is 0 Å². The van der Waals surface area contributed by atoms with Gasteiger partial charge in [-0.1, -0.05) is 12.6 Å². The molecule has 2 amide bonds. The molecule has 1 aromatic heterocycles. The van der Waals surface area contributed by atoms with Crippen molar-refractivity contribution in [1.29, 1.82) is 0 Å². The molecule has 2 aliphatic heterocycles. The third-order valence-electron chi connectivity index (χ3n) is 7.22. The fraction of sp³-hybridized carbons (Fsp3) is 0.310. The molecule has 9 heteroatoms. The van der Waals surface area contributed by atoms with Crippen molar-refractivity contribution in [1.82, 2.24) is 14.9 Å². The van der Waals surface area contributed by atoms with Gasteiger partial charge in [0.2, 0.25) is 17.8 Å². The summed E-state index contributed by atoms with van der Waals surface area (Å²) in [6.45, 7) is 10.9. The van der Waals surface area contributed by atoms with Crippen LogP contribution in [0.3, 0.4) is 0 Å². The Kier molecular flexibility index (Phi) is 7.00. The Morgan fingerprint density at radius 3 is 2.42 bits per heavy atom. The molecule has 0 saturated carbocycles. The van der Waals surface area contributed by atoms with Crippen LogP contribution in [0.5, 0.6) is 0 Å². The highest BCUT2D eigenvalue weighted by Gasteiger charge is 2.41. The summed E-state index contributed by atoms with van der Waals surface area (Å²) < 4.78 is 0. The summed E-state index contributed by atoms with van der Waals surface area (Å²) in [5.74, 6) is 1.08. The van der Waals surface area contributed by atoms with Gasteiger partial charge in [0.15, 0.2) is 0 Å². The number of piperazine rings is 1. The quantitative estimate of drug-likeness (QED) is 0.388. The van der Waals surface area contributed by atoms with Gasteiger partial charge in [0.05, 0.1) is 0 Å². The normalized spacial score (nSPS) is 18.2. The summed E-state index contributed by atoms with van der Waals surface area (Å²) in [7, 11) is 0. The third-order valence-corrected chi connectivity index (χ3v) is 7.22. The predicted octanol–water partition coefficient (Wildman–Crippen LogP) is 4.90. The smallest absolute Gasteiger partial charge is 0.247 e. The molecule has 0 radical (unpaired) electrons. The monoisotopic (exact) mass is 511 g/mol. The SMILES string of the molecule is C=CC(=O)Nc1cccc(Nc2nc(Nc3ccc(N4CC5CCC(C4)N5C(C)=O)cc3C)ncc2C)c1. The summed E-state index contributed by atoms with van der Waals surface area (Å²) in [6, 6.07) is 14.4. The Balaban J connectivity index is 1.29. The number of hydrogen-bond donors (Lipinski definition) is 3. The zero-order chi connectivity index (χ0) is 26.8. The van der Waals surface area contributed by atoms with Crippen LogP contribution in [0.4, 0.5) is 34.5 Å². The molecule has 2 aliphatic rings. The van der Waals surface area contributed by atoms with Crippen LogP contribution in [0.15, 0.2) is 61.3 Å². The Morgan fingerprint density at radius 2 is 1.74 bits per heavy atom. The molecule has 9 nitrogen and oxygen atoms in total. The van der Waals surface area contributed by atoms with Gasteiger partial charge in [-0.3, -0.25) is 9.59 Å². The lowest BCUT2D eigenvalue weighted by atomic mass is 10.1. The van der Waals surface area contributed by atoms with Crippen molar-refractivity contribution in [3.8, 4) is 0 Å². The van der Waals surface area contributed by atoms with Gasteiger partial charge in [0, 0.05) is 66.6 Å². The van der Waals surface area contributed by atoms with E-state index in [0.29, 0.717) is 29.5 Å². The van der Waals surface area contributed by atoms with Crippen molar-refractivity contribution in [2.75, 3.05) is 33.9 Å². The van der Waals surface area contributed by atoms with Gasteiger partial charge in [0.25, 0.3) is 0 Å². The first kappa shape index (κ1) is 25.3. The molecule has 2 fully saturated rings. The topological polar surface area (TPSA) is 102 Å². The first-order valence-electron chi connectivity index (χ1n) is 12.9. The van der Waals surface area contributed by atoms with Crippen LogP contribution < -0.4 is 20.9 Å². The number of amides is 2. The van der Waals surface area contributed by atoms with Crippen LogP contribution in [-0.2, 0) is 9.59 Å². The number of carbonyl (C=O) groups excluding carboxylic acids is 2. The molecule has 3 aromatic rings. The molecule has 3 heterocycles. The highest BCUT2D eigenvalue weighted by atomic mass is 16.2. The minimum atomic E-state index is -0.265. The number of hydrogen-bond acceptors (Lipinski definition) is 7. The number of carbonyl (C=O) groups is 2. The molecule has 2 saturated heterocycles. The number of nitrogens with zero attached hydrogens (tertiary/aromatic N) is 4. The van der Waals surface area contributed by atoms with Gasteiger partial charge in [-0.15, -0.1) is 0 Å². The Morgan fingerprint density at radius 1 is 1.00 bits per heavy atom. The van der Waals surface area contributed by atoms with Crippen LogP contribution in [-0.4, -0.2) is 51.9 Å². The number of nitrogens with one attached hydrogen (secondary N) is 3. The molecule has 3 N–H and O–H groups in total. The van der Waals surface area contributed by atoms with Crippen molar-refractivity contribution in [3.05, 3.63) is 72.4 Å². The molecule has 2 unspecified atom stereocenters. The van der Waals surface area contributed by atoms with Crippen LogP contribution >= 0.6 is 0 Å². The molecule has 2 bridgehead atoms. The molecule has 0 spiro atoms. The van der Waals surface area contributed by atoms with E-state index in [9.17, 15) is 9.59 Å². The number of benzene rings is 2. The van der Waals surface area contributed by atoms with Gasteiger partial charge < -0.3 is 25.8 Å². The molecule has 0 aliphatic carbocycles. The molecular formula is C29H33N7O2. The van der Waals surface area contributed by atoms with E-state index in [1.54, 1.807) is 13.1 Å². The van der Waals surface area contributed by atoms with Crippen LogP contribution in [0.2, 0.25) is 0 Å². The van der Waals surface area contributed by atoms with E-state index in [2.05, 4.69) is 62.4 Å². The first-order valence-corrected chi connectivity index (χ1v) is 12.9. The predicted molar refractivity (Wildman–Crippen MR) is 151 cm³/mol. The van der Waals surface area contributed by atoms with Gasteiger partial charge in [-0.2, -0.15) is 4.98 Å². The van der Waals surface area contributed by atoms with Crippen molar-refractivity contribution >= 4 is 46.3 Å².